The van der Waals surface area contributed by atoms with Crippen molar-refractivity contribution in [3.63, 3.8) is 0 Å². The number of amides is 1. The van der Waals surface area contributed by atoms with Gasteiger partial charge in [-0.1, -0.05) is 6.92 Å². The van der Waals surface area contributed by atoms with Crippen molar-refractivity contribution in [3.8, 4) is 11.5 Å². The molecule has 8 nitrogen and oxygen atoms in total. The zero-order valence-electron chi connectivity index (χ0n) is 18.4. The number of carbonyl (C=O) groups excluding carboxylic acids is 1. The molecule has 8 heteroatoms. The number of carbonyl (C=O) groups is 1. The quantitative estimate of drug-likeness (QED) is 0.494. The van der Waals surface area contributed by atoms with E-state index in [0.29, 0.717) is 31.3 Å². The van der Waals surface area contributed by atoms with Crippen molar-refractivity contribution >= 4 is 5.91 Å². The molecule has 1 atom stereocenters. The molecule has 1 unspecified atom stereocenters. The van der Waals surface area contributed by atoms with Crippen molar-refractivity contribution in [1.82, 2.24) is 15.2 Å². The Labute approximate surface area is 182 Å². The van der Waals surface area contributed by atoms with E-state index in [4.69, 9.17) is 18.3 Å². The SMILES string of the molecule is CCC(C)N(Cc1nc(C(=O)NCc2ccco2)co1)Cc1cc(OC)ccc1OC. The maximum atomic E-state index is 12.4. The van der Waals surface area contributed by atoms with Gasteiger partial charge in [0.25, 0.3) is 5.91 Å². The largest absolute Gasteiger partial charge is 0.497 e. The van der Waals surface area contributed by atoms with Gasteiger partial charge < -0.3 is 23.6 Å². The van der Waals surface area contributed by atoms with Crippen LogP contribution in [-0.4, -0.2) is 36.1 Å². The standard InChI is InChI=1S/C23H29N3O5/c1-5-16(2)26(13-17-11-18(28-3)8-9-21(17)29-4)14-22-25-20(15-31-22)23(27)24-12-19-7-6-10-30-19/h6-11,15-16H,5,12-14H2,1-4H3,(H,24,27). The van der Waals surface area contributed by atoms with Crippen molar-refractivity contribution in [2.24, 2.45) is 0 Å². The second-order valence-corrected chi connectivity index (χ2v) is 7.23. The van der Waals surface area contributed by atoms with Crippen molar-refractivity contribution in [3.05, 3.63) is 65.8 Å². The van der Waals surface area contributed by atoms with E-state index in [-0.39, 0.29) is 17.6 Å². The van der Waals surface area contributed by atoms with Gasteiger partial charge in [-0.05, 0) is 43.7 Å². The Morgan fingerprint density at radius 2 is 2.03 bits per heavy atom. The lowest BCUT2D eigenvalue weighted by molar-refractivity contribution is 0.0943. The van der Waals surface area contributed by atoms with E-state index in [1.54, 1.807) is 32.6 Å². The van der Waals surface area contributed by atoms with Crippen LogP contribution in [0.5, 0.6) is 11.5 Å². The van der Waals surface area contributed by atoms with Gasteiger partial charge in [-0.2, -0.15) is 0 Å². The highest BCUT2D eigenvalue weighted by Gasteiger charge is 2.20. The summed E-state index contributed by atoms with van der Waals surface area (Å²) in [6.07, 6.45) is 3.90. The Hall–Kier alpha value is -3.26. The van der Waals surface area contributed by atoms with E-state index in [1.165, 1.54) is 6.26 Å². The minimum Gasteiger partial charge on any atom is -0.497 e. The third-order valence-electron chi connectivity index (χ3n) is 5.20. The molecule has 0 spiro atoms. The molecule has 0 aliphatic rings. The van der Waals surface area contributed by atoms with E-state index in [2.05, 4.69) is 29.0 Å². The van der Waals surface area contributed by atoms with E-state index in [1.807, 2.05) is 18.2 Å². The fraction of sp³-hybridized carbons (Fsp3) is 0.391. The summed E-state index contributed by atoms with van der Waals surface area (Å²) < 4.78 is 21.7. The van der Waals surface area contributed by atoms with Gasteiger partial charge in [0.15, 0.2) is 5.69 Å². The number of furan rings is 1. The summed E-state index contributed by atoms with van der Waals surface area (Å²) in [7, 11) is 3.30. The molecule has 2 aromatic heterocycles. The maximum Gasteiger partial charge on any atom is 0.273 e. The molecule has 0 saturated heterocycles. The fourth-order valence-corrected chi connectivity index (χ4v) is 3.18. The van der Waals surface area contributed by atoms with Crippen LogP contribution in [0.1, 0.15) is 48.0 Å². The first-order valence-corrected chi connectivity index (χ1v) is 10.2. The molecular weight excluding hydrogens is 398 g/mol. The third-order valence-corrected chi connectivity index (χ3v) is 5.20. The third kappa shape index (κ3) is 5.88. The number of oxazole rings is 1. The van der Waals surface area contributed by atoms with Crippen LogP contribution in [0.2, 0.25) is 0 Å². The van der Waals surface area contributed by atoms with Crippen LogP contribution in [0.15, 0.2) is 51.7 Å². The molecule has 31 heavy (non-hydrogen) atoms. The van der Waals surface area contributed by atoms with Gasteiger partial charge in [-0.25, -0.2) is 4.98 Å². The normalized spacial score (nSPS) is 12.0. The van der Waals surface area contributed by atoms with Gasteiger partial charge in [0.2, 0.25) is 5.89 Å². The number of nitrogens with one attached hydrogen (secondary N) is 1. The van der Waals surface area contributed by atoms with Crippen molar-refractivity contribution in [1.29, 1.82) is 0 Å². The van der Waals surface area contributed by atoms with Gasteiger partial charge in [0, 0.05) is 18.2 Å². The van der Waals surface area contributed by atoms with Crippen LogP contribution < -0.4 is 14.8 Å². The Bertz CT molecular complexity index is 968. The smallest absolute Gasteiger partial charge is 0.273 e. The highest BCUT2D eigenvalue weighted by Crippen LogP contribution is 2.27. The summed E-state index contributed by atoms with van der Waals surface area (Å²) in [6.45, 7) is 5.65. The number of aromatic nitrogens is 1. The van der Waals surface area contributed by atoms with Crippen LogP contribution >= 0.6 is 0 Å². The van der Waals surface area contributed by atoms with Crippen LogP contribution in [0.3, 0.4) is 0 Å². The number of hydrogen-bond donors (Lipinski definition) is 1. The topological polar surface area (TPSA) is 90.0 Å². The molecule has 166 valence electrons. The molecule has 2 heterocycles. The summed E-state index contributed by atoms with van der Waals surface area (Å²) in [5.41, 5.74) is 1.25. The summed E-state index contributed by atoms with van der Waals surface area (Å²) in [5.74, 6) is 2.40. The van der Waals surface area contributed by atoms with Crippen LogP contribution in [0.25, 0.3) is 0 Å². The van der Waals surface area contributed by atoms with Crippen molar-refractivity contribution < 1.29 is 23.1 Å². The van der Waals surface area contributed by atoms with Crippen molar-refractivity contribution in [2.75, 3.05) is 14.2 Å². The highest BCUT2D eigenvalue weighted by molar-refractivity contribution is 5.91. The lowest BCUT2D eigenvalue weighted by Gasteiger charge is -2.28. The van der Waals surface area contributed by atoms with Gasteiger partial charge >= 0.3 is 0 Å². The second kappa shape index (κ2) is 10.7. The lowest BCUT2D eigenvalue weighted by Crippen LogP contribution is -2.32. The molecule has 0 bridgehead atoms. The van der Waals surface area contributed by atoms with Crippen LogP contribution in [0, 0.1) is 0 Å². The number of ether oxygens (including phenoxy) is 2. The first kappa shape index (κ1) is 22.4. The van der Waals surface area contributed by atoms with Gasteiger partial charge in [-0.15, -0.1) is 0 Å². The molecule has 0 aliphatic carbocycles. The Morgan fingerprint density at radius 1 is 1.19 bits per heavy atom. The molecule has 1 amide bonds. The first-order valence-electron chi connectivity index (χ1n) is 10.2. The van der Waals surface area contributed by atoms with Gasteiger partial charge in [0.05, 0.1) is 33.6 Å². The zero-order chi connectivity index (χ0) is 22.2. The molecule has 0 aliphatic heterocycles. The molecule has 0 saturated carbocycles. The van der Waals surface area contributed by atoms with E-state index in [9.17, 15) is 4.79 Å². The van der Waals surface area contributed by atoms with Crippen LogP contribution in [-0.2, 0) is 19.6 Å². The average Bonchev–Trinajstić information content (AvgIpc) is 3.48. The molecule has 1 N–H and O–H groups in total. The summed E-state index contributed by atoms with van der Waals surface area (Å²) in [5, 5.41) is 2.77. The summed E-state index contributed by atoms with van der Waals surface area (Å²) >= 11 is 0. The highest BCUT2D eigenvalue weighted by atomic mass is 16.5. The minimum absolute atomic E-state index is 0.240. The van der Waals surface area contributed by atoms with Gasteiger partial charge in [0.1, 0.15) is 23.5 Å². The predicted octanol–water partition coefficient (Wildman–Crippen LogP) is 4.02. The monoisotopic (exact) mass is 427 g/mol. The molecular formula is C23H29N3O5. The molecule has 3 aromatic rings. The summed E-state index contributed by atoms with van der Waals surface area (Å²) in [6, 6.07) is 9.57. The number of methoxy groups -OCH3 is 2. The fourth-order valence-electron chi connectivity index (χ4n) is 3.18. The molecule has 1 aromatic carbocycles. The molecule has 0 fully saturated rings. The second-order valence-electron chi connectivity index (χ2n) is 7.23. The lowest BCUT2D eigenvalue weighted by atomic mass is 10.1. The summed E-state index contributed by atoms with van der Waals surface area (Å²) in [4.78, 5) is 19.0. The van der Waals surface area contributed by atoms with E-state index < -0.39 is 0 Å². The van der Waals surface area contributed by atoms with E-state index in [0.717, 1.165) is 23.5 Å². The number of hydrogen-bond acceptors (Lipinski definition) is 7. The van der Waals surface area contributed by atoms with Crippen molar-refractivity contribution in [2.45, 2.75) is 45.9 Å². The molecule has 0 radical (unpaired) electrons. The zero-order valence-corrected chi connectivity index (χ0v) is 18.4. The predicted molar refractivity (Wildman–Crippen MR) is 115 cm³/mol. The van der Waals surface area contributed by atoms with Crippen LogP contribution in [0.4, 0.5) is 0 Å². The minimum atomic E-state index is -0.309. The average molecular weight is 428 g/mol. The number of nitrogens with zero attached hydrogens (tertiary/aromatic N) is 2. The first-order chi connectivity index (χ1) is 15.0. The maximum absolute atomic E-state index is 12.4. The number of benzene rings is 1. The number of rotatable bonds is 11. The Morgan fingerprint density at radius 3 is 2.71 bits per heavy atom. The van der Waals surface area contributed by atoms with Gasteiger partial charge in [-0.3, -0.25) is 9.69 Å². The Balaban J connectivity index is 1.70. The van der Waals surface area contributed by atoms with E-state index >= 15 is 0 Å². The molecule has 3 rings (SSSR count). The Kier molecular flexibility index (Phi) is 7.72.